The van der Waals surface area contributed by atoms with Gasteiger partial charge in [0.05, 0.1) is 6.20 Å². The van der Waals surface area contributed by atoms with Crippen LogP contribution in [-0.2, 0) is 0 Å². The van der Waals surface area contributed by atoms with E-state index in [-0.39, 0.29) is 0 Å². The van der Waals surface area contributed by atoms with Gasteiger partial charge in [-0.15, -0.1) is 0 Å². The summed E-state index contributed by atoms with van der Waals surface area (Å²) in [4.78, 5) is 6.56. The Hall–Kier alpha value is -1.77. The molecule has 0 fully saturated rings. The van der Waals surface area contributed by atoms with Crippen LogP contribution in [0.3, 0.4) is 0 Å². The number of aryl methyl sites for hydroxylation is 1. The zero-order chi connectivity index (χ0) is 9.10. The molecule has 0 saturated carbocycles. The second kappa shape index (κ2) is 3.31. The number of benzene rings is 1. The van der Waals surface area contributed by atoms with Gasteiger partial charge < -0.3 is 9.72 Å². The van der Waals surface area contributed by atoms with Gasteiger partial charge in [-0.25, -0.2) is 0 Å². The zero-order valence-electron chi connectivity index (χ0n) is 7.24. The van der Waals surface area contributed by atoms with Crippen LogP contribution in [-0.4, -0.2) is 9.97 Å². The monoisotopic (exact) mass is 173 g/mol. The maximum atomic E-state index is 5.48. The second-order valence-electron chi connectivity index (χ2n) is 2.72. The summed E-state index contributed by atoms with van der Waals surface area (Å²) in [6.45, 7) is 1.99. The molecule has 0 saturated heterocycles. The molecular formula is C10H9N2O. The Balaban J connectivity index is 2.24. The van der Waals surface area contributed by atoms with Crippen molar-refractivity contribution < 1.29 is 4.74 Å². The Labute approximate surface area is 76.4 Å². The summed E-state index contributed by atoms with van der Waals surface area (Å²) in [5, 5.41) is 0. The van der Waals surface area contributed by atoms with Crippen LogP contribution in [0.4, 0.5) is 0 Å². The molecule has 2 aromatic rings. The number of hydrogen-bond acceptors (Lipinski definition) is 2. The summed E-state index contributed by atoms with van der Waals surface area (Å²) in [6.07, 6.45) is 4.23. The Morgan fingerprint density at radius 1 is 1.38 bits per heavy atom. The summed E-state index contributed by atoms with van der Waals surface area (Å²) < 4.78 is 5.48. The van der Waals surface area contributed by atoms with E-state index in [2.05, 4.69) is 16.3 Å². The summed E-state index contributed by atoms with van der Waals surface area (Å²) in [5.41, 5.74) is 1.09. The van der Waals surface area contributed by atoms with E-state index in [0.717, 1.165) is 11.3 Å². The van der Waals surface area contributed by atoms with E-state index in [1.54, 1.807) is 6.20 Å². The van der Waals surface area contributed by atoms with Crippen molar-refractivity contribution in [3.05, 3.63) is 42.4 Å². The fourth-order valence-electron chi connectivity index (χ4n) is 1.05. The van der Waals surface area contributed by atoms with Gasteiger partial charge in [0, 0.05) is 0 Å². The minimum Gasteiger partial charge on any atom is -0.437 e. The fourth-order valence-corrected chi connectivity index (χ4v) is 1.05. The van der Waals surface area contributed by atoms with Crippen molar-refractivity contribution in [2.24, 2.45) is 0 Å². The number of H-pyrrole nitrogens is 1. The highest BCUT2D eigenvalue weighted by Crippen LogP contribution is 2.21. The average Bonchev–Trinajstić information content (AvgIpc) is 2.61. The molecule has 0 aliphatic carbocycles. The Kier molecular flexibility index (Phi) is 2.00. The number of rotatable bonds is 2. The fraction of sp³-hybridized carbons (Fsp3) is 0.100. The summed E-state index contributed by atoms with van der Waals surface area (Å²) in [5.74, 6) is 1.36. The first kappa shape index (κ1) is 7.86. The number of ether oxygens (including phenoxy) is 1. The van der Waals surface area contributed by atoms with Gasteiger partial charge in [0.1, 0.15) is 5.75 Å². The number of nitrogens with zero attached hydrogens (tertiary/aromatic N) is 1. The van der Waals surface area contributed by atoms with Gasteiger partial charge in [-0.2, -0.15) is 4.98 Å². The van der Waals surface area contributed by atoms with Crippen LogP contribution < -0.4 is 4.74 Å². The van der Waals surface area contributed by atoms with Crippen LogP contribution in [0.5, 0.6) is 11.6 Å². The first-order valence-electron chi connectivity index (χ1n) is 4.01. The van der Waals surface area contributed by atoms with Crippen LogP contribution in [0.1, 0.15) is 5.56 Å². The Morgan fingerprint density at radius 2 is 2.23 bits per heavy atom. The third kappa shape index (κ3) is 1.69. The number of aromatic amines is 1. The molecule has 13 heavy (non-hydrogen) atoms. The van der Waals surface area contributed by atoms with Crippen molar-refractivity contribution in [2.45, 2.75) is 6.92 Å². The van der Waals surface area contributed by atoms with E-state index in [4.69, 9.17) is 4.74 Å². The molecule has 1 aromatic heterocycles. The zero-order valence-corrected chi connectivity index (χ0v) is 7.24. The minimum atomic E-state index is 0.536. The molecule has 3 heteroatoms. The van der Waals surface area contributed by atoms with E-state index >= 15 is 0 Å². The highest BCUT2D eigenvalue weighted by atomic mass is 16.5. The van der Waals surface area contributed by atoms with E-state index in [0.29, 0.717) is 5.88 Å². The number of hydrogen-bond donors (Lipinski definition) is 1. The molecule has 0 atom stereocenters. The van der Waals surface area contributed by atoms with Gasteiger partial charge in [-0.05, 0) is 18.6 Å². The molecule has 1 heterocycles. The lowest BCUT2D eigenvalue weighted by atomic mass is 10.2. The number of nitrogens with one attached hydrogen (secondary N) is 1. The molecule has 0 bridgehead atoms. The first-order chi connectivity index (χ1) is 6.36. The predicted molar refractivity (Wildman–Crippen MR) is 48.7 cm³/mol. The molecule has 65 valence electrons. The van der Waals surface area contributed by atoms with Gasteiger partial charge in [-0.1, -0.05) is 18.2 Å². The van der Waals surface area contributed by atoms with E-state index < -0.39 is 0 Å². The van der Waals surface area contributed by atoms with Crippen molar-refractivity contribution >= 4 is 0 Å². The van der Waals surface area contributed by atoms with Crippen LogP contribution in [0.15, 0.2) is 30.5 Å². The summed E-state index contributed by atoms with van der Waals surface area (Å²) in [6, 6.07) is 7.80. The Bertz CT molecular complexity index is 382. The SMILES string of the molecule is Cc1ccccc1Oc1c[nH][c]n1. The third-order valence-corrected chi connectivity index (χ3v) is 1.73. The summed E-state index contributed by atoms with van der Waals surface area (Å²) >= 11 is 0. The maximum Gasteiger partial charge on any atom is 0.237 e. The number of para-hydroxylation sites is 1. The third-order valence-electron chi connectivity index (χ3n) is 1.73. The highest BCUT2D eigenvalue weighted by molar-refractivity contribution is 5.34. The lowest BCUT2D eigenvalue weighted by Gasteiger charge is -2.03. The topological polar surface area (TPSA) is 37.9 Å². The lowest BCUT2D eigenvalue weighted by Crippen LogP contribution is -1.86. The molecular weight excluding hydrogens is 164 g/mol. The van der Waals surface area contributed by atoms with Gasteiger partial charge in [0.25, 0.3) is 0 Å². The largest absolute Gasteiger partial charge is 0.437 e. The van der Waals surface area contributed by atoms with E-state index in [1.807, 2.05) is 31.2 Å². The average molecular weight is 173 g/mol. The van der Waals surface area contributed by atoms with Crippen LogP contribution >= 0.6 is 0 Å². The lowest BCUT2D eigenvalue weighted by molar-refractivity contribution is 0.462. The van der Waals surface area contributed by atoms with Gasteiger partial charge in [0.2, 0.25) is 5.88 Å². The maximum absolute atomic E-state index is 5.48. The molecule has 3 nitrogen and oxygen atoms in total. The predicted octanol–water partition coefficient (Wildman–Crippen LogP) is 2.31. The number of aromatic nitrogens is 2. The molecule has 2 rings (SSSR count). The van der Waals surface area contributed by atoms with Crippen molar-refractivity contribution in [1.82, 2.24) is 9.97 Å². The van der Waals surface area contributed by atoms with Crippen LogP contribution in [0, 0.1) is 13.3 Å². The molecule has 0 amide bonds. The van der Waals surface area contributed by atoms with Gasteiger partial charge in [0.15, 0.2) is 6.33 Å². The van der Waals surface area contributed by atoms with E-state index in [9.17, 15) is 0 Å². The molecule has 0 aliphatic rings. The normalized spacial score (nSPS) is 9.92. The summed E-state index contributed by atoms with van der Waals surface area (Å²) in [7, 11) is 0. The number of imidazole rings is 1. The smallest absolute Gasteiger partial charge is 0.237 e. The quantitative estimate of drug-likeness (QED) is 0.756. The van der Waals surface area contributed by atoms with Crippen molar-refractivity contribution in [1.29, 1.82) is 0 Å². The van der Waals surface area contributed by atoms with Crippen LogP contribution in [0.2, 0.25) is 0 Å². The molecule has 0 unspecified atom stereocenters. The van der Waals surface area contributed by atoms with Crippen LogP contribution in [0.25, 0.3) is 0 Å². The molecule has 0 aliphatic heterocycles. The molecule has 0 spiro atoms. The molecule has 1 aromatic carbocycles. The van der Waals surface area contributed by atoms with E-state index in [1.165, 1.54) is 0 Å². The van der Waals surface area contributed by atoms with Crippen molar-refractivity contribution in [3.8, 4) is 11.6 Å². The van der Waals surface area contributed by atoms with Gasteiger partial charge in [-0.3, -0.25) is 0 Å². The van der Waals surface area contributed by atoms with Gasteiger partial charge >= 0.3 is 0 Å². The second-order valence-corrected chi connectivity index (χ2v) is 2.72. The minimum absolute atomic E-state index is 0.536. The highest BCUT2D eigenvalue weighted by Gasteiger charge is 2.00. The Morgan fingerprint density at radius 3 is 2.92 bits per heavy atom. The molecule has 1 N–H and O–H groups in total. The first-order valence-corrected chi connectivity index (χ1v) is 4.01. The van der Waals surface area contributed by atoms with Crippen molar-refractivity contribution in [2.75, 3.05) is 0 Å². The molecule has 1 radical (unpaired) electrons. The standard InChI is InChI=1S/C10H9N2O/c1-8-4-2-3-5-9(8)13-10-6-11-7-12-10/h2-6H,1H3,(H,11,12). The van der Waals surface area contributed by atoms with Crippen molar-refractivity contribution in [3.63, 3.8) is 0 Å².